The minimum absolute atomic E-state index is 0.0738. The van der Waals surface area contributed by atoms with Crippen molar-refractivity contribution in [3.8, 4) is 0 Å². The van der Waals surface area contributed by atoms with Crippen LogP contribution in [0.4, 0.5) is 0 Å². The highest BCUT2D eigenvalue weighted by Crippen LogP contribution is 2.19. The van der Waals surface area contributed by atoms with E-state index in [1.54, 1.807) is 26.2 Å². The molecule has 0 fully saturated rings. The number of aliphatic hydroxyl groups excluding tert-OH is 1. The van der Waals surface area contributed by atoms with E-state index >= 15 is 0 Å². The van der Waals surface area contributed by atoms with Crippen LogP contribution in [0.5, 0.6) is 0 Å². The number of aromatic nitrogens is 2. The van der Waals surface area contributed by atoms with Gasteiger partial charge in [0.25, 0.3) is 5.91 Å². The molecule has 0 bridgehead atoms. The van der Waals surface area contributed by atoms with E-state index in [0.717, 1.165) is 0 Å². The van der Waals surface area contributed by atoms with Crippen LogP contribution in [0.25, 0.3) is 0 Å². The predicted octanol–water partition coefficient (Wildman–Crippen LogP) is 0.651. The van der Waals surface area contributed by atoms with Gasteiger partial charge in [-0.3, -0.25) is 4.79 Å². The Bertz CT molecular complexity index is 354. The quantitative estimate of drug-likeness (QED) is 0.784. The number of carbonyl (C=O) groups excluding carboxylic acids is 1. The minimum atomic E-state index is -0.167. The number of hydrogen-bond donors (Lipinski definition) is 1. The van der Waals surface area contributed by atoms with Gasteiger partial charge in [-0.25, -0.2) is 0 Å². The van der Waals surface area contributed by atoms with E-state index in [4.69, 9.17) is 5.11 Å². The largest absolute Gasteiger partial charge is 0.395 e. The maximum Gasteiger partial charge on any atom is 0.273 e. The van der Waals surface area contributed by atoms with Gasteiger partial charge in [-0.15, -0.1) is 10.2 Å². The van der Waals surface area contributed by atoms with Crippen LogP contribution in [-0.4, -0.2) is 52.1 Å². The molecule has 6 heteroatoms. The third kappa shape index (κ3) is 3.46. The Morgan fingerprint density at radius 2 is 2.19 bits per heavy atom. The van der Waals surface area contributed by atoms with Crippen LogP contribution in [-0.2, 0) is 0 Å². The Hall–Kier alpha value is -1.14. The average Bonchev–Trinajstić information content (AvgIpc) is 2.28. The molecular formula is C10H15N3O2S. The van der Waals surface area contributed by atoms with Gasteiger partial charge in [0.1, 0.15) is 5.03 Å². The molecule has 0 aromatic carbocycles. The fourth-order valence-corrected chi connectivity index (χ4v) is 1.69. The van der Waals surface area contributed by atoms with Crippen molar-refractivity contribution in [1.82, 2.24) is 15.1 Å². The third-order valence-electron chi connectivity index (χ3n) is 1.84. The van der Waals surface area contributed by atoms with E-state index in [1.165, 1.54) is 16.7 Å². The summed E-state index contributed by atoms with van der Waals surface area (Å²) >= 11 is 1.42. The molecule has 1 amide bonds. The Kier molecular flexibility index (Phi) is 4.70. The first-order chi connectivity index (χ1) is 7.54. The van der Waals surface area contributed by atoms with Gasteiger partial charge in [-0.05, 0) is 12.1 Å². The van der Waals surface area contributed by atoms with E-state index in [2.05, 4.69) is 10.2 Å². The molecule has 1 rings (SSSR count). The first-order valence-electron chi connectivity index (χ1n) is 4.87. The molecule has 0 aliphatic carbocycles. The molecule has 5 nitrogen and oxygen atoms in total. The van der Waals surface area contributed by atoms with Crippen molar-refractivity contribution in [2.45, 2.75) is 17.2 Å². The second-order valence-electron chi connectivity index (χ2n) is 3.57. The smallest absolute Gasteiger partial charge is 0.273 e. The van der Waals surface area contributed by atoms with Crippen LogP contribution < -0.4 is 0 Å². The maximum atomic E-state index is 11.5. The average molecular weight is 241 g/mol. The highest BCUT2D eigenvalue weighted by molar-refractivity contribution is 7.99. The lowest BCUT2D eigenvalue weighted by atomic mass is 10.3. The minimum Gasteiger partial charge on any atom is -0.395 e. The fraction of sp³-hybridized carbons (Fsp3) is 0.500. The van der Waals surface area contributed by atoms with Gasteiger partial charge in [0.15, 0.2) is 5.69 Å². The monoisotopic (exact) mass is 241 g/mol. The molecular weight excluding hydrogens is 226 g/mol. The summed E-state index contributed by atoms with van der Waals surface area (Å²) in [6, 6.07) is 3.38. The van der Waals surface area contributed by atoms with Gasteiger partial charge in [0, 0.05) is 19.3 Å². The molecule has 0 spiro atoms. The molecule has 1 aromatic heterocycles. The van der Waals surface area contributed by atoms with Crippen molar-refractivity contribution >= 4 is 17.7 Å². The Labute approximate surface area is 98.9 Å². The van der Waals surface area contributed by atoms with Crippen molar-refractivity contribution in [2.24, 2.45) is 0 Å². The van der Waals surface area contributed by atoms with Crippen molar-refractivity contribution in [2.75, 3.05) is 20.7 Å². The van der Waals surface area contributed by atoms with Crippen molar-refractivity contribution in [1.29, 1.82) is 0 Å². The number of thioether (sulfide) groups is 1. The second kappa shape index (κ2) is 5.81. The number of carbonyl (C=O) groups is 1. The molecule has 1 atom stereocenters. The molecule has 1 heterocycles. The van der Waals surface area contributed by atoms with E-state index in [1.807, 2.05) is 6.92 Å². The second-order valence-corrected chi connectivity index (χ2v) is 5.03. The first-order valence-corrected chi connectivity index (χ1v) is 5.75. The van der Waals surface area contributed by atoms with Crippen LogP contribution in [0.3, 0.4) is 0 Å². The number of aliphatic hydroxyl groups is 1. The lowest BCUT2D eigenvalue weighted by molar-refractivity contribution is 0.0820. The zero-order valence-electron chi connectivity index (χ0n) is 9.54. The summed E-state index contributed by atoms with van der Waals surface area (Å²) in [5.41, 5.74) is 0.325. The molecule has 1 N–H and O–H groups in total. The van der Waals surface area contributed by atoms with Gasteiger partial charge in [0.05, 0.1) is 6.61 Å². The summed E-state index contributed by atoms with van der Waals surface area (Å²) in [5.74, 6) is -0.167. The van der Waals surface area contributed by atoms with Crippen LogP contribution in [0.15, 0.2) is 17.2 Å². The lowest BCUT2D eigenvalue weighted by Gasteiger charge is -2.09. The molecule has 88 valence electrons. The molecule has 0 saturated heterocycles. The lowest BCUT2D eigenvalue weighted by Crippen LogP contribution is -2.23. The van der Waals surface area contributed by atoms with Gasteiger partial charge in [0.2, 0.25) is 0 Å². The van der Waals surface area contributed by atoms with Gasteiger partial charge < -0.3 is 10.0 Å². The summed E-state index contributed by atoms with van der Waals surface area (Å²) in [7, 11) is 3.33. The van der Waals surface area contributed by atoms with Crippen molar-refractivity contribution < 1.29 is 9.90 Å². The fourth-order valence-electron chi connectivity index (χ4n) is 0.969. The SMILES string of the molecule is CC(CO)Sc1ccc(C(=O)N(C)C)nn1. The van der Waals surface area contributed by atoms with Gasteiger partial charge in [-0.2, -0.15) is 0 Å². The summed E-state index contributed by atoms with van der Waals surface area (Å²) in [6.07, 6.45) is 0. The van der Waals surface area contributed by atoms with Crippen LogP contribution >= 0.6 is 11.8 Å². The number of amides is 1. The van der Waals surface area contributed by atoms with Crippen LogP contribution in [0.2, 0.25) is 0 Å². The summed E-state index contributed by atoms with van der Waals surface area (Å²) < 4.78 is 0. The maximum absolute atomic E-state index is 11.5. The number of nitrogens with zero attached hydrogens (tertiary/aromatic N) is 3. The Morgan fingerprint density at radius 3 is 2.62 bits per heavy atom. The van der Waals surface area contributed by atoms with E-state index < -0.39 is 0 Å². The Morgan fingerprint density at radius 1 is 1.50 bits per heavy atom. The van der Waals surface area contributed by atoms with Gasteiger partial charge in [-0.1, -0.05) is 18.7 Å². The molecule has 1 aromatic rings. The van der Waals surface area contributed by atoms with Gasteiger partial charge >= 0.3 is 0 Å². The number of rotatable bonds is 4. The molecule has 0 radical (unpaired) electrons. The summed E-state index contributed by atoms with van der Waals surface area (Å²) in [5, 5.41) is 17.4. The summed E-state index contributed by atoms with van der Waals surface area (Å²) in [6.45, 7) is 1.98. The molecule has 16 heavy (non-hydrogen) atoms. The highest BCUT2D eigenvalue weighted by Gasteiger charge is 2.11. The van der Waals surface area contributed by atoms with Crippen LogP contribution in [0.1, 0.15) is 17.4 Å². The van der Waals surface area contributed by atoms with E-state index in [9.17, 15) is 4.79 Å². The highest BCUT2D eigenvalue weighted by atomic mass is 32.2. The summed E-state index contributed by atoms with van der Waals surface area (Å²) in [4.78, 5) is 13.0. The van der Waals surface area contributed by atoms with E-state index in [0.29, 0.717) is 10.7 Å². The number of hydrogen-bond acceptors (Lipinski definition) is 5. The normalized spacial score (nSPS) is 12.2. The Balaban J connectivity index is 2.71. The predicted molar refractivity (Wildman–Crippen MR) is 62.5 cm³/mol. The first kappa shape index (κ1) is 12.9. The zero-order valence-corrected chi connectivity index (χ0v) is 10.4. The molecule has 0 aliphatic heterocycles. The topological polar surface area (TPSA) is 66.3 Å². The standard InChI is InChI=1S/C10H15N3O2S/c1-7(6-14)16-9-5-4-8(11-12-9)10(15)13(2)3/h4-5,7,14H,6H2,1-3H3. The van der Waals surface area contributed by atoms with Crippen molar-refractivity contribution in [3.63, 3.8) is 0 Å². The van der Waals surface area contributed by atoms with E-state index in [-0.39, 0.29) is 17.8 Å². The molecule has 1 unspecified atom stereocenters. The zero-order chi connectivity index (χ0) is 12.1. The van der Waals surface area contributed by atoms with Crippen LogP contribution in [0, 0.1) is 0 Å². The molecule has 0 aliphatic rings. The third-order valence-corrected chi connectivity index (χ3v) is 2.86. The molecule has 0 saturated carbocycles. The van der Waals surface area contributed by atoms with Crippen molar-refractivity contribution in [3.05, 3.63) is 17.8 Å².